The van der Waals surface area contributed by atoms with E-state index >= 15 is 0 Å². The fourth-order valence-corrected chi connectivity index (χ4v) is 2.09. The van der Waals surface area contributed by atoms with Crippen molar-refractivity contribution in [1.82, 2.24) is 5.43 Å². The first-order valence-electron chi connectivity index (χ1n) is 7.48. The fourth-order valence-electron chi connectivity index (χ4n) is 1.92. The van der Waals surface area contributed by atoms with Crippen LogP contribution < -0.4 is 10.7 Å². The highest BCUT2D eigenvalue weighted by molar-refractivity contribution is 6.31. The van der Waals surface area contributed by atoms with Crippen LogP contribution in [0.25, 0.3) is 0 Å². The first-order chi connectivity index (χ1) is 12.4. The van der Waals surface area contributed by atoms with Crippen molar-refractivity contribution in [1.29, 1.82) is 0 Å². The summed E-state index contributed by atoms with van der Waals surface area (Å²) in [7, 11) is 0. The highest BCUT2D eigenvalue weighted by atomic mass is 35.5. The molecule has 2 rings (SSSR count). The molecule has 0 aliphatic rings. The molecular formula is C16H15ClN4O5. The van der Waals surface area contributed by atoms with Crippen LogP contribution in [0.4, 0.5) is 11.6 Å². The molecule has 0 atom stereocenters. The Morgan fingerprint density at radius 2 is 2.00 bits per heavy atom. The SMILES string of the molecule is Cc1c(Cl)cccc1NC(=O)CCC(=O)N/N=C\c1ccc([N+](=O)[O-])o1. The molecule has 2 N–H and O–H groups in total. The van der Waals surface area contributed by atoms with Crippen molar-refractivity contribution in [3.8, 4) is 0 Å². The molecule has 0 spiro atoms. The molecule has 0 bridgehead atoms. The van der Waals surface area contributed by atoms with Crippen LogP contribution in [0.15, 0.2) is 39.9 Å². The first-order valence-corrected chi connectivity index (χ1v) is 7.85. The molecule has 0 saturated heterocycles. The number of furan rings is 1. The maximum absolute atomic E-state index is 11.9. The van der Waals surface area contributed by atoms with E-state index in [1.54, 1.807) is 25.1 Å². The topological polar surface area (TPSA) is 127 Å². The number of amides is 2. The van der Waals surface area contributed by atoms with Gasteiger partial charge in [0.1, 0.15) is 4.92 Å². The Balaban J connectivity index is 1.77. The summed E-state index contributed by atoms with van der Waals surface area (Å²) in [5.41, 5.74) is 3.53. The maximum Gasteiger partial charge on any atom is 0.433 e. The number of nitrogens with zero attached hydrogens (tertiary/aromatic N) is 2. The lowest BCUT2D eigenvalue weighted by Gasteiger charge is -2.09. The highest BCUT2D eigenvalue weighted by Crippen LogP contribution is 2.23. The van der Waals surface area contributed by atoms with Crippen LogP contribution in [0, 0.1) is 17.0 Å². The zero-order chi connectivity index (χ0) is 19.1. The number of hydrogen-bond donors (Lipinski definition) is 2. The molecule has 10 heteroatoms. The van der Waals surface area contributed by atoms with Gasteiger partial charge in [-0.05, 0) is 30.7 Å². The van der Waals surface area contributed by atoms with Crippen molar-refractivity contribution >= 4 is 41.2 Å². The number of nitrogens with one attached hydrogen (secondary N) is 2. The third-order valence-electron chi connectivity index (χ3n) is 3.29. The van der Waals surface area contributed by atoms with Gasteiger partial charge >= 0.3 is 5.88 Å². The Labute approximate surface area is 153 Å². The van der Waals surface area contributed by atoms with Crippen molar-refractivity contribution in [3.63, 3.8) is 0 Å². The summed E-state index contributed by atoms with van der Waals surface area (Å²) in [6.07, 6.45) is 1.00. The van der Waals surface area contributed by atoms with Crippen LogP contribution in [-0.4, -0.2) is 23.0 Å². The predicted octanol–water partition coefficient (Wildman–Crippen LogP) is 3.02. The van der Waals surface area contributed by atoms with Gasteiger partial charge in [0, 0.05) is 23.6 Å². The lowest BCUT2D eigenvalue weighted by Crippen LogP contribution is -2.20. The second kappa shape index (κ2) is 8.77. The van der Waals surface area contributed by atoms with Crippen LogP contribution in [0.1, 0.15) is 24.2 Å². The molecule has 136 valence electrons. The van der Waals surface area contributed by atoms with E-state index < -0.39 is 16.7 Å². The summed E-state index contributed by atoms with van der Waals surface area (Å²) in [5.74, 6) is -1.13. The maximum atomic E-state index is 11.9. The third kappa shape index (κ3) is 5.42. The second-order valence-electron chi connectivity index (χ2n) is 5.19. The van der Waals surface area contributed by atoms with Gasteiger partial charge in [0.15, 0.2) is 5.76 Å². The number of rotatable bonds is 7. The average Bonchev–Trinajstić information content (AvgIpc) is 3.06. The zero-order valence-corrected chi connectivity index (χ0v) is 14.4. The Bertz CT molecular complexity index is 862. The zero-order valence-electron chi connectivity index (χ0n) is 13.7. The van der Waals surface area contributed by atoms with Crippen molar-refractivity contribution in [2.75, 3.05) is 5.32 Å². The van der Waals surface area contributed by atoms with Gasteiger partial charge < -0.3 is 9.73 Å². The van der Waals surface area contributed by atoms with Crippen molar-refractivity contribution < 1.29 is 18.9 Å². The summed E-state index contributed by atoms with van der Waals surface area (Å²) < 4.78 is 4.84. The van der Waals surface area contributed by atoms with Gasteiger partial charge in [-0.15, -0.1) is 0 Å². The lowest BCUT2D eigenvalue weighted by atomic mass is 10.2. The monoisotopic (exact) mass is 378 g/mol. The quantitative estimate of drug-likeness (QED) is 0.435. The molecule has 0 radical (unpaired) electrons. The van der Waals surface area contributed by atoms with E-state index in [0.29, 0.717) is 10.7 Å². The molecule has 0 fully saturated rings. The number of anilines is 1. The lowest BCUT2D eigenvalue weighted by molar-refractivity contribution is -0.402. The number of halogens is 1. The van der Waals surface area contributed by atoms with Crippen molar-refractivity contribution in [2.24, 2.45) is 5.10 Å². The predicted molar refractivity (Wildman–Crippen MR) is 95.2 cm³/mol. The first kappa shape index (κ1) is 19.1. The normalized spacial score (nSPS) is 10.7. The number of carbonyl (C=O) groups is 2. The van der Waals surface area contributed by atoms with E-state index in [9.17, 15) is 19.7 Å². The van der Waals surface area contributed by atoms with Crippen LogP contribution in [-0.2, 0) is 9.59 Å². The molecule has 1 aromatic heterocycles. The van der Waals surface area contributed by atoms with Crippen LogP contribution in [0.5, 0.6) is 0 Å². The van der Waals surface area contributed by atoms with Gasteiger partial charge in [-0.25, -0.2) is 5.43 Å². The van der Waals surface area contributed by atoms with Gasteiger partial charge in [-0.3, -0.25) is 19.7 Å². The Hall–Kier alpha value is -3.20. The van der Waals surface area contributed by atoms with Gasteiger partial charge in [0.05, 0.1) is 12.3 Å². The van der Waals surface area contributed by atoms with E-state index in [4.69, 9.17) is 16.0 Å². The molecule has 9 nitrogen and oxygen atoms in total. The molecule has 0 aliphatic carbocycles. The molecule has 1 aromatic carbocycles. The number of hydrogen-bond acceptors (Lipinski definition) is 6. The van der Waals surface area contributed by atoms with E-state index in [1.807, 2.05) is 0 Å². The number of hydrazone groups is 1. The van der Waals surface area contributed by atoms with Gasteiger partial charge in [-0.1, -0.05) is 17.7 Å². The smallest absolute Gasteiger partial charge is 0.400 e. The van der Waals surface area contributed by atoms with E-state index in [-0.39, 0.29) is 24.5 Å². The minimum absolute atomic E-state index is 0.0421. The molecular weight excluding hydrogens is 364 g/mol. The minimum Gasteiger partial charge on any atom is -0.400 e. The Morgan fingerprint density at radius 3 is 2.69 bits per heavy atom. The number of nitro groups is 1. The largest absolute Gasteiger partial charge is 0.433 e. The summed E-state index contributed by atoms with van der Waals surface area (Å²) in [4.78, 5) is 33.3. The summed E-state index contributed by atoms with van der Waals surface area (Å²) in [5, 5.41) is 17.3. The molecule has 0 aliphatic heterocycles. The summed E-state index contributed by atoms with van der Waals surface area (Å²) >= 11 is 5.98. The van der Waals surface area contributed by atoms with Gasteiger partial charge in [0.2, 0.25) is 11.8 Å². The summed E-state index contributed by atoms with van der Waals surface area (Å²) in [6.45, 7) is 1.78. The molecule has 0 unspecified atom stereocenters. The summed E-state index contributed by atoms with van der Waals surface area (Å²) in [6, 6.07) is 7.66. The second-order valence-corrected chi connectivity index (χ2v) is 5.59. The molecule has 0 saturated carbocycles. The third-order valence-corrected chi connectivity index (χ3v) is 3.70. The van der Waals surface area contributed by atoms with E-state index in [0.717, 1.165) is 11.8 Å². The standard InChI is InChI=1S/C16H15ClN4O5/c1-10-12(17)3-2-4-13(10)19-14(22)6-7-15(23)20-18-9-11-5-8-16(26-11)21(24)25/h2-5,8-9H,6-7H2,1H3,(H,19,22)(H,20,23)/b18-9-. The number of benzene rings is 1. The van der Waals surface area contributed by atoms with Crippen LogP contribution in [0.2, 0.25) is 5.02 Å². The molecule has 2 aromatic rings. The Morgan fingerprint density at radius 1 is 1.27 bits per heavy atom. The van der Waals surface area contributed by atoms with Gasteiger partial charge in [0.25, 0.3) is 0 Å². The van der Waals surface area contributed by atoms with Crippen LogP contribution in [0.3, 0.4) is 0 Å². The average molecular weight is 379 g/mol. The fraction of sp³-hybridized carbons (Fsp3) is 0.188. The molecule has 26 heavy (non-hydrogen) atoms. The number of carbonyl (C=O) groups excluding carboxylic acids is 2. The Kier molecular flexibility index (Phi) is 6.45. The minimum atomic E-state index is -0.684. The van der Waals surface area contributed by atoms with Crippen molar-refractivity contribution in [2.45, 2.75) is 19.8 Å². The highest BCUT2D eigenvalue weighted by Gasteiger charge is 2.11. The van der Waals surface area contributed by atoms with Crippen molar-refractivity contribution in [3.05, 3.63) is 56.8 Å². The van der Waals surface area contributed by atoms with E-state index in [2.05, 4.69) is 15.8 Å². The molecule has 2 amide bonds. The van der Waals surface area contributed by atoms with Gasteiger partial charge in [-0.2, -0.15) is 5.10 Å². The van der Waals surface area contributed by atoms with E-state index in [1.165, 1.54) is 12.1 Å². The molecule has 1 heterocycles. The van der Waals surface area contributed by atoms with Crippen LogP contribution >= 0.6 is 11.6 Å².